The Kier molecular flexibility index (Phi) is 6.00. The third kappa shape index (κ3) is 3.84. The van der Waals surface area contributed by atoms with Gasteiger partial charge in [-0.05, 0) is 71.2 Å². The van der Waals surface area contributed by atoms with E-state index in [1.165, 1.54) is 0 Å². The van der Waals surface area contributed by atoms with Gasteiger partial charge in [-0.3, -0.25) is 0 Å². The topological polar surface area (TPSA) is 20.2 Å². The highest BCUT2D eigenvalue weighted by molar-refractivity contribution is 6.42. The maximum Gasteiger partial charge on any atom is 0.122 e. The van der Waals surface area contributed by atoms with Crippen LogP contribution in [0, 0.1) is 0 Å². The number of aromatic hydroxyl groups is 1. The molecule has 2 aromatic carbocycles. The van der Waals surface area contributed by atoms with Gasteiger partial charge in [0.2, 0.25) is 0 Å². The third-order valence-corrected chi connectivity index (χ3v) is 5.45. The molecule has 124 valence electrons. The predicted octanol–water partition coefficient (Wildman–Crippen LogP) is 7.39. The lowest BCUT2D eigenvalue weighted by Gasteiger charge is -2.20. The monoisotopic (exact) mass is 350 g/mol. The number of rotatable bonds is 5. The van der Waals surface area contributed by atoms with Crippen LogP contribution in [0.3, 0.4) is 0 Å². The van der Waals surface area contributed by atoms with E-state index in [1.54, 1.807) is 0 Å². The first-order valence-electron chi connectivity index (χ1n) is 8.21. The lowest BCUT2D eigenvalue weighted by Crippen LogP contribution is -2.00. The molecule has 2 atom stereocenters. The second-order valence-electron chi connectivity index (χ2n) is 6.25. The van der Waals surface area contributed by atoms with Crippen LogP contribution in [0.4, 0.5) is 0 Å². The molecule has 0 aromatic heterocycles. The Morgan fingerprint density at radius 3 is 1.78 bits per heavy atom. The number of halogens is 2. The lowest BCUT2D eigenvalue weighted by atomic mass is 9.87. The molecular weight excluding hydrogens is 327 g/mol. The van der Waals surface area contributed by atoms with E-state index in [4.69, 9.17) is 23.2 Å². The third-order valence-electron chi connectivity index (χ3n) is 4.71. The summed E-state index contributed by atoms with van der Waals surface area (Å²) in [4.78, 5) is 0. The Balaban J connectivity index is 2.65. The molecule has 0 amide bonds. The largest absolute Gasteiger partial charge is 0.507 e. The highest BCUT2D eigenvalue weighted by Crippen LogP contribution is 2.40. The van der Waals surface area contributed by atoms with E-state index >= 15 is 0 Å². The molecule has 1 nitrogen and oxygen atoms in total. The van der Waals surface area contributed by atoms with Crippen LogP contribution in [0.15, 0.2) is 30.3 Å². The minimum Gasteiger partial charge on any atom is -0.507 e. The van der Waals surface area contributed by atoms with Crippen LogP contribution < -0.4 is 0 Å². The van der Waals surface area contributed by atoms with Crippen molar-refractivity contribution in [2.75, 3.05) is 0 Å². The van der Waals surface area contributed by atoms with Crippen LogP contribution in [0.2, 0.25) is 10.0 Å². The first-order chi connectivity index (χ1) is 10.9. The first kappa shape index (κ1) is 18.2. The summed E-state index contributed by atoms with van der Waals surface area (Å²) in [5.74, 6) is 1.05. The van der Waals surface area contributed by atoms with Crippen LogP contribution in [-0.2, 0) is 0 Å². The summed E-state index contributed by atoms with van der Waals surface area (Å²) >= 11 is 12.2. The van der Waals surface area contributed by atoms with Crippen molar-refractivity contribution in [1.82, 2.24) is 0 Å². The fraction of sp³-hybridized carbons (Fsp3) is 0.400. The highest BCUT2D eigenvalue weighted by Gasteiger charge is 2.18. The molecular formula is C20H24Cl2O. The number of phenols is 1. The van der Waals surface area contributed by atoms with E-state index in [0.29, 0.717) is 27.6 Å². The molecule has 0 aliphatic heterocycles. The molecule has 2 aromatic rings. The zero-order valence-corrected chi connectivity index (χ0v) is 15.7. The van der Waals surface area contributed by atoms with E-state index in [9.17, 15) is 5.11 Å². The first-order valence-corrected chi connectivity index (χ1v) is 8.96. The smallest absolute Gasteiger partial charge is 0.122 e. The molecule has 0 radical (unpaired) electrons. The molecule has 0 spiro atoms. The number of hydrogen-bond donors (Lipinski definition) is 1. The van der Waals surface area contributed by atoms with Crippen molar-refractivity contribution in [3.8, 4) is 16.9 Å². The molecule has 3 heteroatoms. The molecule has 0 fully saturated rings. The molecule has 0 bridgehead atoms. The molecule has 23 heavy (non-hydrogen) atoms. The summed E-state index contributed by atoms with van der Waals surface area (Å²) in [6.45, 7) is 8.57. The van der Waals surface area contributed by atoms with E-state index in [0.717, 1.165) is 35.1 Å². The van der Waals surface area contributed by atoms with Gasteiger partial charge in [0, 0.05) is 0 Å². The summed E-state index contributed by atoms with van der Waals surface area (Å²) in [6, 6.07) is 9.83. The van der Waals surface area contributed by atoms with Gasteiger partial charge >= 0.3 is 0 Å². The van der Waals surface area contributed by atoms with Gasteiger partial charge in [0.1, 0.15) is 5.75 Å². The van der Waals surface area contributed by atoms with E-state index in [-0.39, 0.29) is 0 Å². The Morgan fingerprint density at radius 1 is 0.826 bits per heavy atom. The number of hydrogen-bond acceptors (Lipinski definition) is 1. The summed E-state index contributed by atoms with van der Waals surface area (Å²) in [6.07, 6.45) is 1.97. The van der Waals surface area contributed by atoms with Crippen LogP contribution >= 0.6 is 23.2 Å². The zero-order valence-electron chi connectivity index (χ0n) is 14.2. The van der Waals surface area contributed by atoms with Gasteiger partial charge in [0.05, 0.1) is 10.0 Å². The average Bonchev–Trinajstić information content (AvgIpc) is 2.56. The van der Waals surface area contributed by atoms with Crippen molar-refractivity contribution in [2.45, 2.75) is 52.4 Å². The van der Waals surface area contributed by atoms with Crippen molar-refractivity contribution in [3.05, 3.63) is 51.5 Å². The fourth-order valence-corrected chi connectivity index (χ4v) is 3.01. The zero-order chi connectivity index (χ0) is 17.1. The second-order valence-corrected chi connectivity index (χ2v) is 7.07. The van der Waals surface area contributed by atoms with E-state index in [2.05, 4.69) is 39.8 Å². The van der Waals surface area contributed by atoms with Crippen molar-refractivity contribution in [1.29, 1.82) is 0 Å². The van der Waals surface area contributed by atoms with Crippen LogP contribution in [0.1, 0.15) is 63.5 Å². The van der Waals surface area contributed by atoms with Crippen molar-refractivity contribution >= 4 is 23.2 Å². The average molecular weight is 351 g/mol. The maximum atomic E-state index is 10.7. The van der Waals surface area contributed by atoms with E-state index in [1.807, 2.05) is 18.2 Å². The summed E-state index contributed by atoms with van der Waals surface area (Å²) in [5.41, 5.74) is 4.11. The molecule has 1 N–H and O–H groups in total. The summed E-state index contributed by atoms with van der Waals surface area (Å²) in [7, 11) is 0. The SMILES string of the molecule is CCC(C)c1cc(-c2ccc(Cl)c(Cl)c2)cc(C(C)CC)c1O. The lowest BCUT2D eigenvalue weighted by molar-refractivity contribution is 0.449. The van der Waals surface area contributed by atoms with Crippen LogP contribution in [-0.4, -0.2) is 5.11 Å². The van der Waals surface area contributed by atoms with Crippen molar-refractivity contribution in [3.63, 3.8) is 0 Å². The fourth-order valence-electron chi connectivity index (χ4n) is 2.71. The van der Waals surface area contributed by atoms with Gasteiger partial charge in [-0.2, -0.15) is 0 Å². The standard InChI is InChI=1S/C20H24Cl2O/c1-5-12(3)16-9-15(10-17(20(16)23)13(4)6-2)14-7-8-18(21)19(22)11-14/h7-13,23H,5-6H2,1-4H3. The maximum absolute atomic E-state index is 10.7. The molecule has 0 aliphatic carbocycles. The summed E-state index contributed by atoms with van der Waals surface area (Å²) in [5, 5.41) is 11.8. The molecule has 2 unspecified atom stereocenters. The Labute approximate surface area is 149 Å². The van der Waals surface area contributed by atoms with E-state index < -0.39 is 0 Å². The van der Waals surface area contributed by atoms with Gasteiger partial charge in [-0.15, -0.1) is 0 Å². The molecule has 2 rings (SSSR count). The van der Waals surface area contributed by atoms with Crippen molar-refractivity contribution in [2.24, 2.45) is 0 Å². The van der Waals surface area contributed by atoms with Gasteiger partial charge < -0.3 is 5.11 Å². The quantitative estimate of drug-likeness (QED) is 0.595. The van der Waals surface area contributed by atoms with Gasteiger partial charge in [-0.1, -0.05) is 57.0 Å². The number of phenolic OH excluding ortho intramolecular Hbond substituents is 1. The molecule has 0 saturated carbocycles. The normalized spacial score (nSPS) is 13.8. The van der Waals surface area contributed by atoms with Crippen molar-refractivity contribution < 1.29 is 5.11 Å². The Bertz CT molecular complexity index is 663. The predicted molar refractivity (Wildman–Crippen MR) is 101 cm³/mol. The van der Waals surface area contributed by atoms with Gasteiger partial charge in [0.25, 0.3) is 0 Å². The van der Waals surface area contributed by atoms with Gasteiger partial charge in [0.15, 0.2) is 0 Å². The summed E-state index contributed by atoms with van der Waals surface area (Å²) < 4.78 is 0. The van der Waals surface area contributed by atoms with Gasteiger partial charge in [-0.25, -0.2) is 0 Å². The van der Waals surface area contributed by atoms with Crippen LogP contribution in [0.25, 0.3) is 11.1 Å². The number of benzene rings is 2. The minimum atomic E-state index is 0.306. The minimum absolute atomic E-state index is 0.306. The molecule has 0 aliphatic rings. The molecule has 0 heterocycles. The Hall–Kier alpha value is -1.18. The van der Waals surface area contributed by atoms with Crippen LogP contribution in [0.5, 0.6) is 5.75 Å². The molecule has 0 saturated heterocycles. The Morgan fingerprint density at radius 2 is 1.35 bits per heavy atom. The second kappa shape index (κ2) is 7.59. The highest BCUT2D eigenvalue weighted by atomic mass is 35.5.